The highest BCUT2D eigenvalue weighted by atomic mass is 16.5. The third-order valence-corrected chi connectivity index (χ3v) is 3.97. The summed E-state index contributed by atoms with van der Waals surface area (Å²) in [5, 5.41) is 24.3. The van der Waals surface area contributed by atoms with E-state index < -0.39 is 5.91 Å². The first kappa shape index (κ1) is 18.7. The highest BCUT2D eigenvalue weighted by Crippen LogP contribution is 2.27. The van der Waals surface area contributed by atoms with Crippen molar-refractivity contribution in [2.45, 2.75) is 0 Å². The number of fused-ring (bicyclic) bond motifs is 1. The number of carbonyl (C=O) groups is 1. The Balaban J connectivity index is 1.73. The Labute approximate surface area is 161 Å². The number of benzene rings is 3. The van der Waals surface area contributed by atoms with E-state index >= 15 is 0 Å². The van der Waals surface area contributed by atoms with E-state index in [4.69, 9.17) is 14.7 Å². The molecule has 28 heavy (non-hydrogen) atoms. The summed E-state index contributed by atoms with van der Waals surface area (Å²) in [7, 11) is 1.49. The Morgan fingerprint density at radius 2 is 1.93 bits per heavy atom. The molecule has 0 fully saturated rings. The van der Waals surface area contributed by atoms with Crippen LogP contribution in [0.3, 0.4) is 0 Å². The standard InChI is InChI=1S/C21H17N3O4/c1-27-20-10-14(6-7-19(20)28-9-8-22)13-23-24-21(26)17-11-15-4-2-3-5-16(15)12-18(17)25/h2-7,10-13,25H,9H2,1H3,(H,24,26)/b23-13+. The van der Waals surface area contributed by atoms with Gasteiger partial charge in [0.2, 0.25) is 0 Å². The molecule has 0 unspecified atom stereocenters. The van der Waals surface area contributed by atoms with Crippen molar-refractivity contribution in [2.24, 2.45) is 5.10 Å². The number of aromatic hydroxyl groups is 1. The second kappa shape index (κ2) is 8.56. The van der Waals surface area contributed by atoms with Gasteiger partial charge < -0.3 is 14.6 Å². The maximum Gasteiger partial charge on any atom is 0.275 e. The van der Waals surface area contributed by atoms with Crippen LogP contribution in [-0.2, 0) is 0 Å². The van der Waals surface area contributed by atoms with Gasteiger partial charge in [0.15, 0.2) is 18.1 Å². The van der Waals surface area contributed by atoms with E-state index in [-0.39, 0.29) is 17.9 Å². The minimum absolute atomic E-state index is 0.0882. The number of amides is 1. The minimum atomic E-state index is -0.527. The highest BCUT2D eigenvalue weighted by Gasteiger charge is 2.12. The van der Waals surface area contributed by atoms with Gasteiger partial charge in [-0.05, 0) is 46.7 Å². The van der Waals surface area contributed by atoms with Crippen molar-refractivity contribution in [1.29, 1.82) is 5.26 Å². The van der Waals surface area contributed by atoms with Gasteiger partial charge >= 0.3 is 0 Å². The summed E-state index contributed by atoms with van der Waals surface area (Å²) in [6.07, 6.45) is 1.44. The van der Waals surface area contributed by atoms with Crippen LogP contribution < -0.4 is 14.9 Å². The van der Waals surface area contributed by atoms with Crippen LogP contribution in [0.1, 0.15) is 15.9 Å². The number of nitrogens with zero attached hydrogens (tertiary/aromatic N) is 2. The first-order valence-corrected chi connectivity index (χ1v) is 8.35. The van der Waals surface area contributed by atoms with Gasteiger partial charge in [0.1, 0.15) is 11.8 Å². The smallest absolute Gasteiger partial charge is 0.275 e. The van der Waals surface area contributed by atoms with E-state index in [2.05, 4.69) is 10.5 Å². The zero-order chi connectivity index (χ0) is 19.9. The lowest BCUT2D eigenvalue weighted by Gasteiger charge is -2.08. The van der Waals surface area contributed by atoms with Gasteiger partial charge in [0, 0.05) is 0 Å². The Bertz CT molecular complexity index is 1090. The van der Waals surface area contributed by atoms with Crippen LogP contribution in [-0.4, -0.2) is 30.9 Å². The summed E-state index contributed by atoms with van der Waals surface area (Å²) >= 11 is 0. The van der Waals surface area contributed by atoms with Crippen molar-refractivity contribution < 1.29 is 19.4 Å². The van der Waals surface area contributed by atoms with Crippen LogP contribution in [0.15, 0.2) is 59.7 Å². The molecular weight excluding hydrogens is 358 g/mol. The van der Waals surface area contributed by atoms with Gasteiger partial charge in [-0.25, -0.2) is 5.43 Å². The SMILES string of the molecule is COc1cc(/C=N/NC(=O)c2cc3ccccc3cc2O)ccc1OCC#N. The largest absolute Gasteiger partial charge is 0.507 e. The van der Waals surface area contributed by atoms with Crippen molar-refractivity contribution in [3.63, 3.8) is 0 Å². The van der Waals surface area contributed by atoms with Gasteiger partial charge in [-0.2, -0.15) is 10.4 Å². The number of nitrogens with one attached hydrogen (secondary N) is 1. The van der Waals surface area contributed by atoms with Crippen LogP contribution in [0.5, 0.6) is 17.2 Å². The van der Waals surface area contributed by atoms with Gasteiger partial charge in [0.25, 0.3) is 5.91 Å². The predicted molar refractivity (Wildman–Crippen MR) is 105 cm³/mol. The second-order valence-electron chi connectivity index (χ2n) is 5.77. The van der Waals surface area contributed by atoms with Gasteiger partial charge in [-0.15, -0.1) is 0 Å². The third-order valence-electron chi connectivity index (χ3n) is 3.97. The quantitative estimate of drug-likeness (QED) is 0.508. The Hall–Kier alpha value is -4.05. The van der Waals surface area contributed by atoms with Gasteiger partial charge in [0.05, 0.1) is 18.9 Å². The van der Waals surface area contributed by atoms with Crippen molar-refractivity contribution in [3.8, 4) is 23.3 Å². The Morgan fingerprint density at radius 1 is 1.18 bits per heavy atom. The lowest BCUT2D eigenvalue weighted by Crippen LogP contribution is -2.17. The lowest BCUT2D eigenvalue weighted by atomic mass is 10.1. The summed E-state index contributed by atoms with van der Waals surface area (Å²) in [6.45, 7) is -0.0882. The lowest BCUT2D eigenvalue weighted by molar-refractivity contribution is 0.0952. The highest BCUT2D eigenvalue weighted by molar-refractivity contribution is 6.01. The predicted octanol–water partition coefficient (Wildman–Crippen LogP) is 3.22. The van der Waals surface area contributed by atoms with Crippen molar-refractivity contribution in [2.75, 3.05) is 13.7 Å². The van der Waals surface area contributed by atoms with Crippen LogP contribution in [0, 0.1) is 11.3 Å². The topological polar surface area (TPSA) is 104 Å². The van der Waals surface area contributed by atoms with Crippen molar-refractivity contribution in [1.82, 2.24) is 5.43 Å². The molecule has 3 aromatic carbocycles. The molecule has 0 saturated heterocycles. The van der Waals surface area contributed by atoms with E-state index in [1.807, 2.05) is 30.3 Å². The van der Waals surface area contributed by atoms with Crippen LogP contribution in [0.25, 0.3) is 10.8 Å². The molecular formula is C21H17N3O4. The number of ether oxygens (including phenoxy) is 2. The third kappa shape index (κ3) is 4.19. The number of rotatable bonds is 6. The zero-order valence-corrected chi connectivity index (χ0v) is 15.0. The summed E-state index contributed by atoms with van der Waals surface area (Å²) < 4.78 is 10.5. The Kier molecular flexibility index (Phi) is 5.72. The van der Waals surface area contributed by atoms with Crippen molar-refractivity contribution in [3.05, 3.63) is 65.7 Å². The number of phenols is 1. The van der Waals surface area contributed by atoms with E-state index in [0.717, 1.165) is 10.8 Å². The molecule has 2 N–H and O–H groups in total. The summed E-state index contributed by atoms with van der Waals surface area (Å²) in [6, 6.07) is 17.5. The normalized spacial score (nSPS) is 10.6. The summed E-state index contributed by atoms with van der Waals surface area (Å²) in [5.41, 5.74) is 3.18. The molecule has 3 aromatic rings. The zero-order valence-electron chi connectivity index (χ0n) is 15.0. The number of hydrogen-bond donors (Lipinski definition) is 2. The molecule has 1 amide bonds. The van der Waals surface area contributed by atoms with Crippen LogP contribution in [0.4, 0.5) is 0 Å². The molecule has 0 spiro atoms. The first-order chi connectivity index (χ1) is 13.6. The fourth-order valence-electron chi connectivity index (χ4n) is 2.63. The van der Waals surface area contributed by atoms with E-state index in [0.29, 0.717) is 17.1 Å². The molecule has 140 valence electrons. The molecule has 7 heteroatoms. The fraction of sp³-hybridized carbons (Fsp3) is 0.0952. The van der Waals surface area contributed by atoms with Crippen LogP contribution in [0.2, 0.25) is 0 Å². The molecule has 0 heterocycles. The van der Waals surface area contributed by atoms with E-state index in [1.54, 1.807) is 30.3 Å². The molecule has 0 aliphatic heterocycles. The monoisotopic (exact) mass is 375 g/mol. The molecule has 0 atom stereocenters. The van der Waals surface area contributed by atoms with E-state index in [9.17, 15) is 9.90 Å². The molecule has 0 saturated carbocycles. The maximum absolute atomic E-state index is 12.3. The second-order valence-corrected chi connectivity index (χ2v) is 5.77. The van der Waals surface area contributed by atoms with Crippen LogP contribution >= 0.6 is 0 Å². The fourth-order valence-corrected chi connectivity index (χ4v) is 2.63. The van der Waals surface area contributed by atoms with Gasteiger partial charge in [-0.3, -0.25) is 4.79 Å². The number of nitriles is 1. The molecule has 0 aliphatic rings. The molecule has 0 aliphatic carbocycles. The number of hydrazone groups is 1. The first-order valence-electron chi connectivity index (χ1n) is 8.35. The molecule has 0 radical (unpaired) electrons. The Morgan fingerprint density at radius 3 is 2.64 bits per heavy atom. The molecule has 3 rings (SSSR count). The minimum Gasteiger partial charge on any atom is -0.507 e. The molecule has 7 nitrogen and oxygen atoms in total. The van der Waals surface area contributed by atoms with E-state index in [1.165, 1.54) is 13.3 Å². The molecule has 0 bridgehead atoms. The average molecular weight is 375 g/mol. The maximum atomic E-state index is 12.3. The average Bonchev–Trinajstić information content (AvgIpc) is 2.72. The summed E-state index contributed by atoms with van der Waals surface area (Å²) in [4.78, 5) is 12.3. The van der Waals surface area contributed by atoms with Crippen molar-refractivity contribution >= 4 is 22.9 Å². The summed E-state index contributed by atoms with van der Waals surface area (Å²) in [5.74, 6) is 0.233. The number of phenolic OH excluding ortho intramolecular Hbond substituents is 1. The number of carbonyl (C=O) groups excluding carboxylic acids is 1. The molecule has 0 aromatic heterocycles. The number of hydrogen-bond acceptors (Lipinski definition) is 6. The number of methoxy groups -OCH3 is 1. The van der Waals surface area contributed by atoms with Gasteiger partial charge in [-0.1, -0.05) is 24.3 Å².